The first-order valence-corrected chi connectivity index (χ1v) is 7.62. The Hall–Kier alpha value is -2.32. The minimum atomic E-state index is -1.29. The van der Waals surface area contributed by atoms with Gasteiger partial charge in [0.05, 0.1) is 22.3 Å². The second kappa shape index (κ2) is 7.80. The van der Waals surface area contributed by atoms with Gasteiger partial charge in [0, 0.05) is 15.9 Å². The number of anilines is 1. The molecule has 11 heteroatoms. The molecule has 0 amide bonds. The third-order valence-electron chi connectivity index (χ3n) is 2.54. The van der Waals surface area contributed by atoms with Crippen molar-refractivity contribution in [3.63, 3.8) is 0 Å². The van der Waals surface area contributed by atoms with Crippen molar-refractivity contribution in [2.45, 2.75) is 0 Å². The lowest BCUT2D eigenvalue weighted by molar-refractivity contribution is -0.129. The molecule has 118 valence electrons. The van der Waals surface area contributed by atoms with E-state index in [1.165, 1.54) is 11.3 Å². The lowest BCUT2D eigenvalue weighted by atomic mass is 10.2. The predicted octanol–water partition coefficient (Wildman–Crippen LogP) is 4.28. The number of hydrogen-bond donors (Lipinski definition) is 2. The van der Waals surface area contributed by atoms with Crippen LogP contribution in [0.15, 0.2) is 33.8 Å². The number of azide groups is 1. The third kappa shape index (κ3) is 4.57. The van der Waals surface area contributed by atoms with Crippen molar-refractivity contribution < 1.29 is 9.90 Å². The van der Waals surface area contributed by atoms with Gasteiger partial charge >= 0.3 is 5.97 Å². The number of benzene rings is 1. The number of halogens is 2. The predicted molar refractivity (Wildman–Crippen MR) is 90.3 cm³/mol. The fourth-order valence-electron chi connectivity index (χ4n) is 1.48. The zero-order valence-electron chi connectivity index (χ0n) is 11.3. The number of aromatic nitrogens is 1. The number of nitrogens with one attached hydrogen (secondary N) is 1. The zero-order valence-corrected chi connectivity index (χ0v) is 13.6. The van der Waals surface area contributed by atoms with Crippen LogP contribution in [-0.2, 0) is 4.79 Å². The molecule has 0 fully saturated rings. The first kappa shape index (κ1) is 17.0. The van der Waals surface area contributed by atoms with Crippen molar-refractivity contribution in [1.29, 1.82) is 0 Å². The number of aliphatic carboxylic acids is 1. The highest BCUT2D eigenvalue weighted by Crippen LogP contribution is 2.30. The molecule has 0 saturated heterocycles. The van der Waals surface area contributed by atoms with Crippen LogP contribution in [0.3, 0.4) is 0 Å². The largest absolute Gasteiger partial charge is 0.477 e. The number of carboxylic acid groups (broad SMARTS) is 1. The standard InChI is InChI=1S/C12H8Cl2N6O2S/c13-7-2-1-6(3-8(7)14)10-5-23-12(17-10)19-18-9(11(21)22)4-16-20-15/h1-3,5H,4H2,(H,17,19)(H,21,22)/b18-9-. The highest BCUT2D eigenvalue weighted by molar-refractivity contribution is 7.14. The number of rotatable bonds is 6. The summed E-state index contributed by atoms with van der Waals surface area (Å²) >= 11 is 13.0. The van der Waals surface area contributed by atoms with E-state index in [-0.39, 0.29) is 12.3 Å². The highest BCUT2D eigenvalue weighted by Gasteiger charge is 2.10. The fourth-order valence-corrected chi connectivity index (χ4v) is 2.44. The third-order valence-corrected chi connectivity index (χ3v) is 4.02. The van der Waals surface area contributed by atoms with Gasteiger partial charge in [-0.25, -0.2) is 9.78 Å². The SMILES string of the molecule is [N-]=[N+]=NC/C(=N/Nc1nc(-c2ccc(Cl)c(Cl)c2)cs1)C(=O)O. The molecule has 2 aromatic rings. The highest BCUT2D eigenvalue weighted by atomic mass is 35.5. The van der Waals surface area contributed by atoms with Crippen molar-refractivity contribution in [2.75, 3.05) is 12.0 Å². The van der Waals surface area contributed by atoms with E-state index >= 15 is 0 Å². The lowest BCUT2D eigenvalue weighted by Gasteiger charge is -2.00. The molecule has 0 aliphatic carbocycles. The second-order valence-corrected chi connectivity index (χ2v) is 5.70. The molecule has 1 aromatic carbocycles. The molecule has 2 rings (SSSR count). The quantitative estimate of drug-likeness (QED) is 0.259. The van der Waals surface area contributed by atoms with Crippen molar-refractivity contribution in [2.24, 2.45) is 10.2 Å². The Morgan fingerprint density at radius 3 is 2.87 bits per heavy atom. The number of nitrogens with zero attached hydrogens (tertiary/aromatic N) is 5. The Kier molecular flexibility index (Phi) is 5.78. The zero-order chi connectivity index (χ0) is 16.8. The van der Waals surface area contributed by atoms with E-state index in [4.69, 9.17) is 33.8 Å². The maximum Gasteiger partial charge on any atom is 0.352 e. The number of carbonyl (C=O) groups is 1. The number of hydrogen-bond acceptors (Lipinski definition) is 6. The summed E-state index contributed by atoms with van der Waals surface area (Å²) in [7, 11) is 0. The Labute approximate surface area is 144 Å². The van der Waals surface area contributed by atoms with Crippen molar-refractivity contribution >= 4 is 51.4 Å². The molecule has 0 saturated carbocycles. The molecule has 0 radical (unpaired) electrons. The van der Waals surface area contributed by atoms with Crippen LogP contribution in [0.25, 0.3) is 21.7 Å². The van der Waals surface area contributed by atoms with Gasteiger partial charge in [0.2, 0.25) is 5.13 Å². The van der Waals surface area contributed by atoms with Crippen LogP contribution in [0, 0.1) is 0 Å². The van der Waals surface area contributed by atoms with E-state index < -0.39 is 5.97 Å². The Morgan fingerprint density at radius 2 is 2.22 bits per heavy atom. The molecular formula is C12H8Cl2N6O2S. The smallest absolute Gasteiger partial charge is 0.352 e. The van der Waals surface area contributed by atoms with Gasteiger partial charge in [0.15, 0.2) is 5.71 Å². The molecule has 1 heterocycles. The average molecular weight is 371 g/mol. The molecule has 0 unspecified atom stereocenters. The van der Waals surface area contributed by atoms with Crippen LogP contribution in [0.4, 0.5) is 5.13 Å². The molecule has 2 N–H and O–H groups in total. The van der Waals surface area contributed by atoms with Gasteiger partial charge in [0.25, 0.3) is 0 Å². The first-order valence-electron chi connectivity index (χ1n) is 5.99. The van der Waals surface area contributed by atoms with Crippen molar-refractivity contribution in [3.8, 4) is 11.3 Å². The summed E-state index contributed by atoms with van der Waals surface area (Å²) in [5, 5.41) is 18.7. The van der Waals surface area contributed by atoms with Gasteiger partial charge in [-0.15, -0.1) is 11.3 Å². The Bertz CT molecular complexity index is 816. The fraction of sp³-hybridized carbons (Fsp3) is 0.0833. The van der Waals surface area contributed by atoms with Crippen molar-refractivity contribution in [1.82, 2.24) is 4.98 Å². The first-order chi connectivity index (χ1) is 11.0. The van der Waals surface area contributed by atoms with Crippen LogP contribution in [0.1, 0.15) is 0 Å². The molecule has 0 spiro atoms. The van der Waals surface area contributed by atoms with Gasteiger partial charge in [-0.2, -0.15) is 5.10 Å². The molecular weight excluding hydrogens is 363 g/mol. The van der Waals surface area contributed by atoms with Crippen LogP contribution < -0.4 is 5.43 Å². The van der Waals surface area contributed by atoms with E-state index in [0.717, 1.165) is 5.56 Å². The average Bonchev–Trinajstić information content (AvgIpc) is 2.98. The Balaban J connectivity index is 2.16. The monoisotopic (exact) mass is 370 g/mol. The van der Waals surface area contributed by atoms with Gasteiger partial charge in [0.1, 0.15) is 0 Å². The van der Waals surface area contributed by atoms with Crippen LogP contribution in [0.2, 0.25) is 10.0 Å². The summed E-state index contributed by atoms with van der Waals surface area (Å²) in [5.41, 5.74) is 11.8. The van der Waals surface area contributed by atoms with Crippen molar-refractivity contribution in [3.05, 3.63) is 44.1 Å². The van der Waals surface area contributed by atoms with Gasteiger partial charge in [-0.05, 0) is 17.7 Å². The maximum absolute atomic E-state index is 10.9. The minimum Gasteiger partial charge on any atom is -0.477 e. The van der Waals surface area contributed by atoms with E-state index in [2.05, 4.69) is 25.5 Å². The van der Waals surface area contributed by atoms with Crippen LogP contribution in [-0.4, -0.2) is 28.3 Å². The van der Waals surface area contributed by atoms with Crippen LogP contribution >= 0.6 is 34.5 Å². The summed E-state index contributed by atoms with van der Waals surface area (Å²) in [6, 6.07) is 5.10. The van der Waals surface area contributed by atoms with E-state index in [9.17, 15) is 4.79 Å². The van der Waals surface area contributed by atoms with Gasteiger partial charge < -0.3 is 5.11 Å². The molecule has 0 bridgehead atoms. The molecule has 8 nitrogen and oxygen atoms in total. The summed E-state index contributed by atoms with van der Waals surface area (Å²) in [6.45, 7) is -0.371. The molecule has 0 aliphatic rings. The normalized spacial score (nSPS) is 11.0. The second-order valence-electron chi connectivity index (χ2n) is 4.03. The molecule has 1 aromatic heterocycles. The number of carboxylic acids is 1. The number of thiazole rings is 1. The summed E-state index contributed by atoms with van der Waals surface area (Å²) in [4.78, 5) is 17.7. The van der Waals surface area contributed by atoms with E-state index in [0.29, 0.717) is 20.9 Å². The summed E-state index contributed by atoms with van der Waals surface area (Å²) in [5.74, 6) is -1.29. The lowest BCUT2D eigenvalue weighted by Crippen LogP contribution is -2.17. The Morgan fingerprint density at radius 1 is 1.43 bits per heavy atom. The summed E-state index contributed by atoms with van der Waals surface area (Å²) in [6.07, 6.45) is 0. The van der Waals surface area contributed by atoms with E-state index in [1.54, 1.807) is 23.6 Å². The molecule has 23 heavy (non-hydrogen) atoms. The topological polar surface area (TPSA) is 123 Å². The minimum absolute atomic E-state index is 0.325. The molecule has 0 atom stereocenters. The van der Waals surface area contributed by atoms with E-state index in [1.807, 2.05) is 0 Å². The van der Waals surface area contributed by atoms with Gasteiger partial charge in [-0.1, -0.05) is 34.4 Å². The van der Waals surface area contributed by atoms with Gasteiger partial charge in [-0.3, -0.25) is 5.43 Å². The number of hydrazone groups is 1. The summed E-state index contributed by atoms with van der Waals surface area (Å²) < 4.78 is 0. The molecule has 0 aliphatic heterocycles. The van der Waals surface area contributed by atoms with Crippen LogP contribution in [0.5, 0.6) is 0 Å². The maximum atomic E-state index is 10.9.